The largest absolute Gasteiger partial charge is 0.387 e. The lowest BCUT2D eigenvalue weighted by Crippen LogP contribution is -2.54. The topological polar surface area (TPSA) is 226 Å². The summed E-state index contributed by atoms with van der Waals surface area (Å²) >= 11 is 1.56. The second kappa shape index (κ2) is 16.5. The number of carbonyl (C=O) groups excluding carboxylic acids is 5. The molecule has 4 aromatic heterocycles. The number of piperidine rings is 1. The maximum absolute atomic E-state index is 13.3. The number of nitrogens with zero attached hydrogens (tertiary/aromatic N) is 7. The third-order valence-corrected chi connectivity index (χ3v) is 11.8. The molecule has 0 spiro atoms. The van der Waals surface area contributed by atoms with Crippen LogP contribution in [0.25, 0.3) is 27.5 Å². The van der Waals surface area contributed by atoms with Crippen LogP contribution in [0, 0.1) is 11.3 Å². The number of nitrogens with one attached hydrogen (secondary N) is 4. The number of rotatable bonds is 13. The number of carbonyl (C=O) groups is 5. The van der Waals surface area contributed by atoms with Gasteiger partial charge in [-0.2, -0.15) is 10.4 Å². The first-order valence-corrected chi connectivity index (χ1v) is 19.9. The number of hydrogen-bond donors (Lipinski definition) is 4. The molecule has 1 saturated heterocycles. The number of fused-ring (bicyclic) bond motifs is 2. The van der Waals surface area contributed by atoms with E-state index in [1.807, 2.05) is 25.2 Å². The molecule has 3 aliphatic rings. The van der Waals surface area contributed by atoms with Crippen molar-refractivity contribution in [2.45, 2.75) is 62.9 Å². The Balaban J connectivity index is 0.772. The Hall–Kier alpha value is -6.58. The maximum Gasteiger partial charge on any atom is 0.264 e. The van der Waals surface area contributed by atoms with Crippen LogP contribution in [-0.2, 0) is 19.1 Å². The molecule has 296 valence electrons. The van der Waals surface area contributed by atoms with Crippen molar-refractivity contribution in [1.82, 2.24) is 40.3 Å². The average Bonchev–Trinajstić information content (AvgIpc) is 3.96. The van der Waals surface area contributed by atoms with Crippen LogP contribution < -0.4 is 21.3 Å². The summed E-state index contributed by atoms with van der Waals surface area (Å²) in [5, 5.41) is 36.2. The number of hydrogen-bond acceptors (Lipinski definition) is 14. The fourth-order valence-corrected chi connectivity index (χ4v) is 8.74. The van der Waals surface area contributed by atoms with Gasteiger partial charge in [0, 0.05) is 56.0 Å². The monoisotopic (exact) mass is 801 g/mol. The first kappa shape index (κ1) is 38.3. The van der Waals surface area contributed by atoms with Crippen molar-refractivity contribution in [2.24, 2.45) is 0 Å². The van der Waals surface area contributed by atoms with Gasteiger partial charge in [-0.1, -0.05) is 17.4 Å². The Morgan fingerprint density at radius 2 is 1.83 bits per heavy atom. The molecule has 6 heterocycles. The molecular formula is C40H39N11O6S. The summed E-state index contributed by atoms with van der Waals surface area (Å²) in [5.41, 5.74) is 5.36. The third-order valence-electron chi connectivity index (χ3n) is 10.7. The van der Waals surface area contributed by atoms with Gasteiger partial charge in [-0.05, 0) is 68.5 Å². The first-order chi connectivity index (χ1) is 28.2. The van der Waals surface area contributed by atoms with Gasteiger partial charge >= 0.3 is 0 Å². The van der Waals surface area contributed by atoms with Crippen molar-refractivity contribution in [1.29, 1.82) is 5.26 Å². The van der Waals surface area contributed by atoms with Gasteiger partial charge in [0.05, 0.1) is 58.6 Å². The number of nitriles is 1. The zero-order chi connectivity index (χ0) is 40.3. The Morgan fingerprint density at radius 1 is 0.983 bits per heavy atom. The predicted octanol–water partition coefficient (Wildman–Crippen LogP) is 3.89. The van der Waals surface area contributed by atoms with E-state index in [9.17, 15) is 29.2 Å². The van der Waals surface area contributed by atoms with Crippen molar-refractivity contribution in [2.75, 3.05) is 37.4 Å². The standard InChI is InChI=1S/C40H39N11O6S/c1-42-29-18-30(31-10-9-25-17-22(19-41)20-45-51(25)31)44-21-27(29)38-49-48-37(58-38)23-5-7-24(8-6-23)46-34(53)13-15-57-16-14-43-28-4-2-3-26-35(28)40(56)50(39(26)55)32-11-12-33(52)47-36(32)54/h2-4,9-10,17-18,20-21,23-24,32,43H,5-8,11-16H2,1H3,(H,42,44)(H,46,53)(H,47,52,54)/t23-,24-,32?. The fraction of sp³-hybridized carbons (Fsp3) is 0.350. The molecule has 1 atom stereocenters. The van der Waals surface area contributed by atoms with Crippen LogP contribution in [0.2, 0.25) is 0 Å². The Labute approximate surface area is 336 Å². The zero-order valence-electron chi connectivity index (χ0n) is 31.5. The van der Waals surface area contributed by atoms with Crippen molar-refractivity contribution in [3.05, 3.63) is 76.6 Å². The van der Waals surface area contributed by atoms with E-state index < -0.39 is 29.7 Å². The van der Waals surface area contributed by atoms with Crippen LogP contribution in [0.3, 0.4) is 0 Å². The Kier molecular flexibility index (Phi) is 10.9. The third kappa shape index (κ3) is 7.61. The first-order valence-electron chi connectivity index (χ1n) is 19.1. The smallest absolute Gasteiger partial charge is 0.264 e. The molecule has 5 aromatic rings. The fourth-order valence-electron chi connectivity index (χ4n) is 7.71. The van der Waals surface area contributed by atoms with Gasteiger partial charge in [-0.25, -0.2) is 4.52 Å². The molecule has 58 heavy (non-hydrogen) atoms. The second-order valence-corrected chi connectivity index (χ2v) is 15.3. The SMILES string of the molecule is CNc1cc(-c2ccc3cc(C#N)cnn23)ncc1-c1nnc([C@H]2CC[C@H](NC(=O)CCOCCNc3cccc4c3C(=O)N(C3CCC(=O)NC3=O)C4=O)CC2)s1. The molecule has 1 unspecified atom stereocenters. The lowest BCUT2D eigenvalue weighted by atomic mass is 9.86. The summed E-state index contributed by atoms with van der Waals surface area (Å²) in [5.74, 6) is -2.08. The van der Waals surface area contributed by atoms with Crippen LogP contribution in [0.5, 0.6) is 0 Å². The Morgan fingerprint density at radius 3 is 2.62 bits per heavy atom. The Bertz CT molecular complexity index is 2480. The van der Waals surface area contributed by atoms with E-state index in [0.29, 0.717) is 17.8 Å². The molecule has 1 aliphatic carbocycles. The van der Waals surface area contributed by atoms with E-state index in [1.54, 1.807) is 46.3 Å². The predicted molar refractivity (Wildman–Crippen MR) is 212 cm³/mol. The zero-order valence-corrected chi connectivity index (χ0v) is 32.3. The minimum atomic E-state index is -1.04. The molecule has 8 rings (SSSR count). The van der Waals surface area contributed by atoms with Gasteiger partial charge < -0.3 is 20.7 Å². The average molecular weight is 802 g/mol. The van der Waals surface area contributed by atoms with Gasteiger partial charge in [0.2, 0.25) is 17.7 Å². The molecule has 1 saturated carbocycles. The van der Waals surface area contributed by atoms with Gasteiger partial charge in [0.1, 0.15) is 17.1 Å². The molecular weight excluding hydrogens is 763 g/mol. The second-order valence-electron chi connectivity index (χ2n) is 14.3. The van der Waals surface area contributed by atoms with Crippen LogP contribution in [0.4, 0.5) is 11.4 Å². The molecule has 5 amide bonds. The van der Waals surface area contributed by atoms with Crippen LogP contribution in [-0.4, -0.2) is 98.1 Å². The minimum Gasteiger partial charge on any atom is -0.387 e. The highest BCUT2D eigenvalue weighted by Gasteiger charge is 2.45. The molecule has 4 N–H and O–H groups in total. The highest BCUT2D eigenvalue weighted by molar-refractivity contribution is 7.14. The van der Waals surface area contributed by atoms with Crippen LogP contribution in [0.15, 0.2) is 54.9 Å². The van der Waals surface area contributed by atoms with Gasteiger partial charge in [-0.3, -0.25) is 39.2 Å². The van der Waals surface area contributed by atoms with E-state index in [2.05, 4.69) is 42.6 Å². The van der Waals surface area contributed by atoms with Crippen LogP contribution >= 0.6 is 11.3 Å². The molecule has 2 fully saturated rings. The van der Waals surface area contributed by atoms with E-state index in [0.717, 1.165) is 68.8 Å². The summed E-state index contributed by atoms with van der Waals surface area (Å²) in [4.78, 5) is 68.7. The van der Waals surface area contributed by atoms with Crippen molar-refractivity contribution < 1.29 is 28.7 Å². The number of imide groups is 2. The van der Waals surface area contributed by atoms with E-state index in [-0.39, 0.29) is 61.5 Å². The molecule has 1 aromatic carbocycles. The van der Waals surface area contributed by atoms with E-state index in [1.165, 1.54) is 6.20 Å². The highest BCUT2D eigenvalue weighted by Crippen LogP contribution is 2.39. The quantitative estimate of drug-likeness (QED) is 0.0981. The summed E-state index contributed by atoms with van der Waals surface area (Å²) in [6.07, 6.45) is 7.07. The molecule has 18 heteroatoms. The number of amides is 5. The molecule has 0 radical (unpaired) electrons. The highest BCUT2D eigenvalue weighted by atomic mass is 32.1. The van der Waals surface area contributed by atoms with Gasteiger partial charge in [0.25, 0.3) is 11.8 Å². The van der Waals surface area contributed by atoms with Gasteiger partial charge in [0.15, 0.2) is 5.01 Å². The van der Waals surface area contributed by atoms with Crippen LogP contribution in [0.1, 0.15) is 82.2 Å². The van der Waals surface area contributed by atoms with E-state index in [4.69, 9.17) is 9.72 Å². The van der Waals surface area contributed by atoms with Crippen molar-refractivity contribution in [3.8, 4) is 28.0 Å². The van der Waals surface area contributed by atoms with E-state index >= 15 is 0 Å². The normalized spacial score (nSPS) is 19.2. The van der Waals surface area contributed by atoms with Gasteiger partial charge in [-0.15, -0.1) is 10.2 Å². The van der Waals surface area contributed by atoms with Crippen molar-refractivity contribution in [3.63, 3.8) is 0 Å². The lowest BCUT2D eigenvalue weighted by Gasteiger charge is -2.27. The summed E-state index contributed by atoms with van der Waals surface area (Å²) in [6.45, 7) is 0.798. The summed E-state index contributed by atoms with van der Waals surface area (Å²) in [7, 11) is 1.85. The number of ether oxygens (including phenoxy) is 1. The number of anilines is 2. The number of pyridine rings is 1. The lowest BCUT2D eigenvalue weighted by molar-refractivity contribution is -0.136. The number of aromatic nitrogens is 5. The summed E-state index contributed by atoms with van der Waals surface area (Å²) in [6, 6.07) is 13.6. The van der Waals surface area contributed by atoms with Crippen molar-refractivity contribution >= 4 is 57.8 Å². The maximum atomic E-state index is 13.3. The number of benzene rings is 1. The molecule has 2 aliphatic heterocycles. The summed E-state index contributed by atoms with van der Waals surface area (Å²) < 4.78 is 7.46. The molecule has 0 bridgehead atoms. The minimum absolute atomic E-state index is 0.0491. The molecule has 17 nitrogen and oxygen atoms in total.